The molecule has 0 fully saturated rings. The number of ketones is 1. The van der Waals surface area contributed by atoms with Gasteiger partial charge in [-0.15, -0.1) is 0 Å². The Bertz CT molecular complexity index is 1480. The number of carbonyl (C=O) groups is 2. The summed E-state index contributed by atoms with van der Waals surface area (Å²) in [5, 5.41) is 11.3. The Labute approximate surface area is 205 Å². The largest absolute Gasteiger partial charge is 0.503 e. The van der Waals surface area contributed by atoms with Gasteiger partial charge < -0.3 is 19.2 Å². The molecule has 0 saturated carbocycles. The summed E-state index contributed by atoms with van der Waals surface area (Å²) in [6.07, 6.45) is 0. The van der Waals surface area contributed by atoms with Gasteiger partial charge in [0.25, 0.3) is 5.91 Å². The first-order chi connectivity index (χ1) is 16.8. The maximum atomic E-state index is 13.5. The Hall–Kier alpha value is -4.11. The summed E-state index contributed by atoms with van der Waals surface area (Å²) in [5.74, 6) is -0.562. The van der Waals surface area contributed by atoms with Crippen LogP contribution >= 0.6 is 11.3 Å². The molecule has 9 heteroatoms. The molecule has 0 aliphatic carbocycles. The van der Waals surface area contributed by atoms with Gasteiger partial charge in [0, 0.05) is 19.8 Å². The van der Waals surface area contributed by atoms with Crippen molar-refractivity contribution in [2.24, 2.45) is 0 Å². The lowest BCUT2D eigenvalue weighted by molar-refractivity contribution is -0.117. The maximum absolute atomic E-state index is 13.5. The van der Waals surface area contributed by atoms with E-state index in [0.29, 0.717) is 27.7 Å². The Balaban J connectivity index is 1.66. The summed E-state index contributed by atoms with van der Waals surface area (Å²) in [6, 6.07) is 15.3. The smallest absolute Gasteiger partial charge is 0.296 e. The predicted molar refractivity (Wildman–Crippen MR) is 135 cm³/mol. The molecular formula is C26H23N3O5S. The number of ether oxygens (including phenoxy) is 1. The highest BCUT2D eigenvalue weighted by Gasteiger charge is 2.46. The summed E-state index contributed by atoms with van der Waals surface area (Å²) in [7, 11) is 5.43. The lowest BCUT2D eigenvalue weighted by Crippen LogP contribution is -2.31. The molecule has 0 saturated heterocycles. The molecule has 35 heavy (non-hydrogen) atoms. The van der Waals surface area contributed by atoms with Crippen molar-refractivity contribution in [2.45, 2.75) is 13.0 Å². The van der Waals surface area contributed by atoms with Crippen LogP contribution in [0.4, 0.5) is 10.8 Å². The molecule has 4 aromatic rings. The number of aryl methyl sites for hydroxylation is 1. The quantitative estimate of drug-likeness (QED) is 0.378. The number of carbonyl (C=O) groups excluding carboxylic acids is 2. The van der Waals surface area contributed by atoms with Crippen LogP contribution in [0.25, 0.3) is 10.2 Å². The first kappa shape index (κ1) is 22.7. The molecule has 2 aromatic carbocycles. The van der Waals surface area contributed by atoms with Gasteiger partial charge in [0.15, 0.2) is 16.7 Å². The van der Waals surface area contributed by atoms with Crippen molar-refractivity contribution in [3.05, 3.63) is 83.0 Å². The summed E-state index contributed by atoms with van der Waals surface area (Å²) in [4.78, 5) is 34.8. The molecule has 3 heterocycles. The van der Waals surface area contributed by atoms with E-state index in [1.54, 1.807) is 38.3 Å². The van der Waals surface area contributed by atoms with E-state index in [1.165, 1.54) is 16.2 Å². The average Bonchev–Trinajstić information content (AvgIpc) is 3.54. The molecule has 1 aliphatic heterocycles. The van der Waals surface area contributed by atoms with E-state index >= 15 is 0 Å². The fourth-order valence-corrected chi connectivity index (χ4v) is 5.14. The zero-order valence-corrected chi connectivity index (χ0v) is 20.4. The Morgan fingerprint density at radius 3 is 2.51 bits per heavy atom. The lowest BCUT2D eigenvalue weighted by Gasteiger charge is -2.25. The molecule has 1 N–H and O–H groups in total. The maximum Gasteiger partial charge on any atom is 0.296 e. The number of methoxy groups -OCH3 is 1. The summed E-state index contributed by atoms with van der Waals surface area (Å²) >= 11 is 1.28. The van der Waals surface area contributed by atoms with Gasteiger partial charge in [-0.1, -0.05) is 23.5 Å². The van der Waals surface area contributed by atoms with Crippen molar-refractivity contribution in [3.8, 4) is 5.75 Å². The van der Waals surface area contributed by atoms with Crippen LogP contribution in [-0.4, -0.2) is 43.0 Å². The van der Waals surface area contributed by atoms with Crippen molar-refractivity contribution in [1.82, 2.24) is 4.98 Å². The van der Waals surface area contributed by atoms with E-state index in [0.717, 1.165) is 10.4 Å². The molecule has 8 nitrogen and oxygen atoms in total. The van der Waals surface area contributed by atoms with E-state index in [-0.39, 0.29) is 11.3 Å². The highest BCUT2D eigenvalue weighted by molar-refractivity contribution is 7.22. The van der Waals surface area contributed by atoms with E-state index in [4.69, 9.17) is 9.15 Å². The molecule has 178 valence electrons. The lowest BCUT2D eigenvalue weighted by atomic mass is 9.95. The number of hydrogen-bond acceptors (Lipinski definition) is 8. The van der Waals surface area contributed by atoms with Crippen LogP contribution in [-0.2, 0) is 4.79 Å². The van der Waals surface area contributed by atoms with Gasteiger partial charge in [-0.05, 0) is 55.0 Å². The third kappa shape index (κ3) is 3.83. The number of rotatable bonds is 6. The van der Waals surface area contributed by atoms with Crippen LogP contribution in [0.3, 0.4) is 0 Å². The number of amides is 1. The third-order valence-electron chi connectivity index (χ3n) is 5.93. The number of benzene rings is 2. The topological polar surface area (TPSA) is 96.1 Å². The third-order valence-corrected chi connectivity index (χ3v) is 6.95. The second-order valence-electron chi connectivity index (χ2n) is 8.40. The number of aliphatic hydroxyl groups excluding tert-OH is 1. The zero-order valence-electron chi connectivity index (χ0n) is 19.6. The first-order valence-corrected chi connectivity index (χ1v) is 11.7. The molecule has 1 aliphatic rings. The molecule has 1 amide bonds. The highest BCUT2D eigenvalue weighted by Crippen LogP contribution is 2.44. The number of Topliss-reactive ketones (excluding diaryl/α,β-unsaturated/α-hetero) is 1. The number of thiazole rings is 1. The van der Waals surface area contributed by atoms with E-state index in [2.05, 4.69) is 4.98 Å². The minimum Gasteiger partial charge on any atom is -0.503 e. The van der Waals surface area contributed by atoms with Gasteiger partial charge in [0.1, 0.15) is 11.5 Å². The van der Waals surface area contributed by atoms with Gasteiger partial charge in [-0.25, -0.2) is 4.98 Å². The Morgan fingerprint density at radius 1 is 1.14 bits per heavy atom. The number of aromatic nitrogens is 1. The van der Waals surface area contributed by atoms with Gasteiger partial charge in [-0.2, -0.15) is 0 Å². The van der Waals surface area contributed by atoms with Crippen LogP contribution < -0.4 is 14.5 Å². The van der Waals surface area contributed by atoms with Crippen LogP contribution in [0.2, 0.25) is 0 Å². The molecular weight excluding hydrogens is 466 g/mol. The highest BCUT2D eigenvalue weighted by atomic mass is 32.1. The normalized spacial score (nSPS) is 15.8. The van der Waals surface area contributed by atoms with E-state index in [9.17, 15) is 14.7 Å². The molecule has 1 atom stereocenters. The van der Waals surface area contributed by atoms with Crippen molar-refractivity contribution < 1.29 is 23.8 Å². The number of nitrogens with zero attached hydrogens (tertiary/aromatic N) is 3. The van der Waals surface area contributed by atoms with E-state index < -0.39 is 23.5 Å². The Morgan fingerprint density at radius 2 is 1.89 bits per heavy atom. The number of fused-ring (bicyclic) bond motifs is 1. The summed E-state index contributed by atoms with van der Waals surface area (Å²) in [5.41, 5.74) is 2.26. The van der Waals surface area contributed by atoms with Crippen LogP contribution in [0, 0.1) is 6.92 Å². The van der Waals surface area contributed by atoms with Crippen LogP contribution in [0.5, 0.6) is 5.75 Å². The molecule has 0 bridgehead atoms. The van der Waals surface area contributed by atoms with E-state index in [1.807, 2.05) is 49.3 Å². The minimum atomic E-state index is -0.876. The first-order valence-electron chi connectivity index (χ1n) is 10.9. The molecule has 0 spiro atoms. The molecule has 2 aromatic heterocycles. The molecule has 1 unspecified atom stereocenters. The predicted octanol–water partition coefficient (Wildman–Crippen LogP) is 5.06. The number of hydrogen-bond donors (Lipinski definition) is 1. The van der Waals surface area contributed by atoms with Crippen LogP contribution in [0.1, 0.15) is 27.9 Å². The number of furan rings is 1. The van der Waals surface area contributed by atoms with Crippen molar-refractivity contribution in [1.29, 1.82) is 0 Å². The fourth-order valence-electron chi connectivity index (χ4n) is 4.12. The monoisotopic (exact) mass is 489 g/mol. The number of anilines is 2. The Kier molecular flexibility index (Phi) is 5.56. The van der Waals surface area contributed by atoms with Gasteiger partial charge >= 0.3 is 0 Å². The standard InChI is InChI=1S/C26H23N3O5S/c1-14-5-12-19(34-14)23(30)21-22(15-6-8-16(9-7-15)28(2)3)29(25(32)24(21)31)26-27-18-11-10-17(33-4)13-20(18)35-26/h5-13,22,31H,1-4H3. The van der Waals surface area contributed by atoms with Gasteiger partial charge in [0.2, 0.25) is 5.78 Å². The van der Waals surface area contributed by atoms with Crippen LogP contribution in [0.15, 0.2) is 70.3 Å². The van der Waals surface area contributed by atoms with Crippen molar-refractivity contribution in [2.75, 3.05) is 31.0 Å². The van der Waals surface area contributed by atoms with Gasteiger partial charge in [0.05, 0.1) is 28.9 Å². The van der Waals surface area contributed by atoms with Gasteiger partial charge in [-0.3, -0.25) is 14.5 Å². The average molecular weight is 490 g/mol. The number of aliphatic hydroxyl groups is 1. The van der Waals surface area contributed by atoms with Crippen molar-refractivity contribution >= 4 is 44.1 Å². The zero-order chi connectivity index (χ0) is 24.9. The molecule has 0 radical (unpaired) electrons. The molecule has 5 rings (SSSR count). The summed E-state index contributed by atoms with van der Waals surface area (Å²) in [6.45, 7) is 1.73. The second kappa shape index (κ2) is 8.59. The second-order valence-corrected chi connectivity index (χ2v) is 9.40. The minimum absolute atomic E-state index is 0.0428. The fraction of sp³-hybridized carbons (Fsp3) is 0.192. The summed E-state index contributed by atoms with van der Waals surface area (Å²) < 4.78 is 11.7. The van der Waals surface area contributed by atoms with Crippen molar-refractivity contribution in [3.63, 3.8) is 0 Å². The SMILES string of the molecule is COc1ccc2nc(N3C(=O)C(O)=C(C(=O)c4ccc(C)o4)C3c3ccc(N(C)C)cc3)sc2c1.